The number of para-hydroxylation sites is 1. The number of carbonyl (C=O) groups excluding carboxylic acids is 2. The first-order chi connectivity index (χ1) is 22.1. The van der Waals surface area contributed by atoms with Crippen LogP contribution < -0.4 is 9.80 Å². The second-order valence-corrected chi connectivity index (χ2v) is 16.8. The minimum Gasteiger partial charge on any atom is -0.396 e. The van der Waals surface area contributed by atoms with Crippen molar-refractivity contribution in [1.82, 2.24) is 15.0 Å². The fourth-order valence-electron chi connectivity index (χ4n) is 7.19. The molecule has 3 heterocycles. The van der Waals surface area contributed by atoms with Crippen molar-refractivity contribution < 1.29 is 23.5 Å². The van der Waals surface area contributed by atoms with Gasteiger partial charge in [0.2, 0.25) is 14.8 Å². The van der Waals surface area contributed by atoms with Gasteiger partial charge in [-0.3, -0.25) is 19.2 Å². The van der Waals surface area contributed by atoms with Gasteiger partial charge in [-0.2, -0.15) is 0 Å². The lowest BCUT2D eigenvalue weighted by atomic mass is 9.82. The number of anilines is 3. The summed E-state index contributed by atoms with van der Waals surface area (Å²) < 4.78 is 24.6. The number of aryl methyl sites for hydroxylation is 1. The molecule has 1 spiro atoms. The van der Waals surface area contributed by atoms with Gasteiger partial charge in [0.25, 0.3) is 5.91 Å². The summed E-state index contributed by atoms with van der Waals surface area (Å²) >= 11 is 6.51. The van der Waals surface area contributed by atoms with Crippen molar-refractivity contribution in [3.8, 4) is 0 Å². The van der Waals surface area contributed by atoms with Crippen LogP contribution in [0.3, 0.4) is 0 Å². The highest BCUT2D eigenvalue weighted by Gasteiger charge is 2.66. The average Bonchev–Trinajstić information content (AvgIpc) is 3.68. The normalized spacial score (nSPS) is 22.4. The molecule has 0 aliphatic carbocycles. The van der Waals surface area contributed by atoms with Crippen molar-refractivity contribution in [2.24, 2.45) is 5.92 Å². The second kappa shape index (κ2) is 12.7. The number of aromatic nitrogens is 3. The number of nitrogens with zero attached hydrogens (tertiary/aromatic N) is 5. The molecule has 3 aromatic carbocycles. The van der Waals surface area contributed by atoms with Gasteiger partial charge in [-0.1, -0.05) is 54.1 Å². The molecule has 12 heteroatoms. The minimum atomic E-state index is -3.34. The maximum absolute atomic E-state index is 16.2. The van der Waals surface area contributed by atoms with Crippen LogP contribution >= 0.6 is 11.6 Å². The summed E-state index contributed by atoms with van der Waals surface area (Å²) in [5.74, 6) is -0.689. The van der Waals surface area contributed by atoms with Crippen molar-refractivity contribution in [2.45, 2.75) is 63.2 Å². The molecule has 1 fully saturated rings. The predicted molar refractivity (Wildman–Crippen MR) is 177 cm³/mol. The molecule has 0 radical (unpaired) electrons. The lowest BCUT2D eigenvalue weighted by Gasteiger charge is -2.31. The van der Waals surface area contributed by atoms with Crippen molar-refractivity contribution in [3.63, 3.8) is 0 Å². The molecule has 0 saturated carbocycles. The Labute approximate surface area is 273 Å². The Morgan fingerprint density at radius 1 is 1.11 bits per heavy atom. The first-order valence-corrected chi connectivity index (χ1v) is 18.8. The first-order valence-electron chi connectivity index (χ1n) is 15.4. The summed E-state index contributed by atoms with van der Waals surface area (Å²) in [4.78, 5) is 29.8. The Kier molecular flexibility index (Phi) is 8.86. The minimum absolute atomic E-state index is 0.0240. The van der Waals surface area contributed by atoms with Crippen molar-refractivity contribution in [1.29, 1.82) is 0 Å². The smallest absolute Gasteiger partial charge is 0.264 e. The zero-order valence-corrected chi connectivity index (χ0v) is 27.8. The summed E-state index contributed by atoms with van der Waals surface area (Å²) in [6.07, 6.45) is 2.86. The molecule has 1 aromatic heterocycles. The molecule has 46 heavy (non-hydrogen) atoms. The van der Waals surface area contributed by atoms with Crippen LogP contribution in [0.25, 0.3) is 0 Å². The molecule has 1 saturated heterocycles. The van der Waals surface area contributed by atoms with E-state index in [2.05, 4.69) is 10.3 Å². The zero-order valence-electron chi connectivity index (χ0n) is 26.0. The lowest BCUT2D eigenvalue weighted by molar-refractivity contribution is -0.146. The van der Waals surface area contributed by atoms with Crippen molar-refractivity contribution >= 4 is 49.4 Å². The molecule has 4 atom stereocenters. The van der Waals surface area contributed by atoms with Gasteiger partial charge in [0.1, 0.15) is 0 Å². The highest BCUT2D eigenvalue weighted by molar-refractivity contribution is 6.72. The van der Waals surface area contributed by atoms with Crippen LogP contribution in [0.2, 0.25) is 23.7 Å². The summed E-state index contributed by atoms with van der Waals surface area (Å²) in [5.41, 5.74) is 2.47. The number of amides is 2. The summed E-state index contributed by atoms with van der Waals surface area (Å²) in [7, 11) is -3.34. The van der Waals surface area contributed by atoms with Crippen molar-refractivity contribution in [3.05, 3.63) is 101 Å². The SMILES string of the molecule is C[C@H]1[C@H]([Si](C)(C)F)[C@@H](CCn2cc(CCO)nn2)O[C@]12C(=O)N(Cc1ccc(N(C=O)c3ccccc3)cc1)c1ccc(Cl)cc12. The van der Waals surface area contributed by atoms with Gasteiger partial charge in [-0.25, -0.2) is 0 Å². The summed E-state index contributed by atoms with van der Waals surface area (Å²) in [6.45, 7) is 5.94. The zero-order chi connectivity index (χ0) is 32.6. The van der Waals surface area contributed by atoms with E-state index >= 15 is 4.11 Å². The number of carbonyl (C=O) groups is 2. The van der Waals surface area contributed by atoms with Crippen LogP contribution in [0.4, 0.5) is 21.2 Å². The van der Waals surface area contributed by atoms with Gasteiger partial charge < -0.3 is 18.9 Å². The number of aliphatic hydroxyl groups is 1. The molecule has 6 rings (SSSR count). The topological polar surface area (TPSA) is 101 Å². The van der Waals surface area contributed by atoms with Gasteiger partial charge >= 0.3 is 0 Å². The predicted octanol–water partition coefficient (Wildman–Crippen LogP) is 6.17. The molecule has 9 nitrogen and oxygen atoms in total. The first kappa shape index (κ1) is 32.1. The number of ether oxygens (including phenoxy) is 1. The molecule has 2 aliphatic rings. The maximum atomic E-state index is 16.2. The molecule has 2 aliphatic heterocycles. The van der Waals surface area contributed by atoms with E-state index in [1.54, 1.807) is 45.9 Å². The number of fused-ring (bicyclic) bond motifs is 2. The Bertz CT molecular complexity index is 1720. The Balaban J connectivity index is 1.30. The molecule has 0 unspecified atom stereocenters. The van der Waals surface area contributed by atoms with Crippen molar-refractivity contribution in [2.75, 3.05) is 16.4 Å². The van der Waals surface area contributed by atoms with E-state index in [-0.39, 0.29) is 19.1 Å². The molecule has 0 bridgehead atoms. The number of halogens is 2. The Hall–Kier alpha value is -3.90. The molecular formula is C34H37ClFN5O4Si. The van der Waals surface area contributed by atoms with Crippen LogP contribution in [-0.4, -0.2) is 53.5 Å². The number of rotatable bonds is 11. The fraction of sp³-hybridized carbons (Fsp3) is 0.353. The third-order valence-electron chi connectivity index (χ3n) is 9.21. The van der Waals surface area contributed by atoms with E-state index in [0.29, 0.717) is 47.0 Å². The van der Waals surface area contributed by atoms with Crippen LogP contribution in [0.1, 0.15) is 30.2 Å². The Morgan fingerprint density at radius 3 is 2.50 bits per heavy atom. The van der Waals surface area contributed by atoms with Crippen LogP contribution in [0, 0.1) is 5.92 Å². The monoisotopic (exact) mass is 661 g/mol. The third-order valence-corrected chi connectivity index (χ3v) is 11.9. The largest absolute Gasteiger partial charge is 0.396 e. The lowest BCUT2D eigenvalue weighted by Crippen LogP contribution is -2.45. The second-order valence-electron chi connectivity index (χ2n) is 12.5. The molecule has 2 amide bonds. The van der Waals surface area contributed by atoms with Gasteiger partial charge in [0.05, 0.1) is 24.0 Å². The number of aliphatic hydroxyl groups excluding tert-OH is 1. The van der Waals surface area contributed by atoms with E-state index in [4.69, 9.17) is 16.3 Å². The maximum Gasteiger partial charge on any atom is 0.264 e. The van der Waals surface area contributed by atoms with Crippen LogP contribution in [0.5, 0.6) is 0 Å². The molecular weight excluding hydrogens is 625 g/mol. The third kappa shape index (κ3) is 5.77. The Morgan fingerprint density at radius 2 is 1.83 bits per heavy atom. The van der Waals surface area contributed by atoms with Gasteiger partial charge in [0.15, 0.2) is 5.60 Å². The average molecular weight is 662 g/mol. The summed E-state index contributed by atoms with van der Waals surface area (Å²) in [6, 6.07) is 22.2. The van der Waals surface area contributed by atoms with Gasteiger partial charge in [0, 0.05) is 59.2 Å². The molecule has 4 aromatic rings. The number of hydrogen-bond donors (Lipinski definition) is 1. The van der Waals surface area contributed by atoms with E-state index in [1.807, 2.05) is 67.6 Å². The van der Waals surface area contributed by atoms with Crippen LogP contribution in [0.15, 0.2) is 79.0 Å². The van der Waals surface area contributed by atoms with Gasteiger partial charge in [-0.05, 0) is 67.5 Å². The highest BCUT2D eigenvalue weighted by Crippen LogP contribution is 2.60. The fourth-order valence-corrected chi connectivity index (χ4v) is 9.90. The molecule has 240 valence electrons. The highest BCUT2D eigenvalue weighted by atomic mass is 35.5. The standard InChI is InChI=1S/C34H37ClFN5O4Si/c1-23-32(46(2,3)36)31(15-17-39-21-26(16-18-42)37-38-39)45-34(23)29-19-25(35)11-14-30(29)40(33(34)44)20-24-9-12-28(13-10-24)41(22-43)27-7-5-4-6-8-27/h4-14,19,21-23,31-32,42H,15-18,20H2,1-3H3/t23-,31+,32-,34+/m0/s1. The van der Waals surface area contributed by atoms with E-state index in [9.17, 15) is 14.7 Å². The van der Waals surface area contributed by atoms with Gasteiger partial charge in [-0.15, -0.1) is 5.10 Å². The number of hydrogen-bond acceptors (Lipinski definition) is 6. The quantitative estimate of drug-likeness (QED) is 0.117. The number of benzene rings is 3. The molecule has 1 N–H and O–H groups in total. The summed E-state index contributed by atoms with van der Waals surface area (Å²) in [5, 5.41) is 18.0. The van der Waals surface area contributed by atoms with E-state index < -0.39 is 31.6 Å². The van der Waals surface area contributed by atoms with Crippen LogP contribution in [-0.2, 0) is 39.4 Å². The van der Waals surface area contributed by atoms with E-state index in [1.165, 1.54) is 0 Å². The van der Waals surface area contributed by atoms with E-state index in [0.717, 1.165) is 17.7 Å².